The number of halogens is 1. The number of carbonyl (C=O) groups is 1. The Bertz CT molecular complexity index is 804. The third kappa shape index (κ3) is 6.72. The Labute approximate surface area is 205 Å². The minimum atomic E-state index is -0.754. The molecule has 0 bridgehead atoms. The van der Waals surface area contributed by atoms with Crippen LogP contribution in [0.1, 0.15) is 91.2 Å². The number of carbonyl (C=O) groups excluding carboxylic acids is 1. The van der Waals surface area contributed by atoms with Crippen molar-refractivity contribution in [3.05, 3.63) is 34.3 Å². The fraction of sp³-hybridized carbons (Fsp3) is 0.741. The first-order valence-corrected chi connectivity index (χ1v) is 12.6. The van der Waals surface area contributed by atoms with E-state index >= 15 is 0 Å². The molecule has 0 amide bonds. The minimum absolute atomic E-state index is 0.108. The number of aliphatic hydroxyl groups is 1. The van der Waals surface area contributed by atoms with Crippen LogP contribution in [-0.2, 0) is 26.1 Å². The van der Waals surface area contributed by atoms with Crippen molar-refractivity contribution in [3.63, 3.8) is 0 Å². The first-order valence-electron chi connectivity index (χ1n) is 12.2. The Morgan fingerprint density at radius 1 is 1.24 bits per heavy atom. The molecule has 2 unspecified atom stereocenters. The Balaban J connectivity index is 2.30. The molecule has 0 heterocycles. The zero-order valence-electron chi connectivity index (χ0n) is 21.8. The van der Waals surface area contributed by atoms with Gasteiger partial charge in [-0.05, 0) is 90.6 Å². The number of ether oxygens (including phenoxy) is 2. The number of benzene rings is 1. The van der Waals surface area contributed by atoms with Gasteiger partial charge in [0.15, 0.2) is 0 Å². The highest BCUT2D eigenvalue weighted by Crippen LogP contribution is 2.49. The van der Waals surface area contributed by atoms with E-state index in [1.165, 1.54) is 11.1 Å². The number of hydrogen-bond donors (Lipinski definition) is 1. The number of rotatable bonds is 11. The number of fused-ring (bicyclic) bond motifs is 1. The molecule has 0 spiro atoms. The Kier molecular flexibility index (Phi) is 9.42. The lowest BCUT2D eigenvalue weighted by atomic mass is 9.70. The lowest BCUT2D eigenvalue weighted by Gasteiger charge is -2.46. The van der Waals surface area contributed by atoms with Crippen molar-refractivity contribution >= 4 is 17.6 Å². The first-order chi connectivity index (χ1) is 15.3. The number of likely N-dealkylation sites (N-methyl/N-ethyl adjacent to an activating group) is 1. The van der Waals surface area contributed by atoms with Gasteiger partial charge in [0, 0.05) is 30.0 Å². The number of esters is 1. The minimum Gasteiger partial charge on any atom is -0.460 e. The molecule has 1 N–H and O–H groups in total. The van der Waals surface area contributed by atoms with Gasteiger partial charge in [0.1, 0.15) is 17.4 Å². The number of aliphatic hydroxyl groups excluding tert-OH is 1. The average Bonchev–Trinajstić information content (AvgIpc) is 3.02. The van der Waals surface area contributed by atoms with Crippen LogP contribution in [0.15, 0.2) is 18.2 Å². The molecule has 33 heavy (non-hydrogen) atoms. The summed E-state index contributed by atoms with van der Waals surface area (Å²) in [5.41, 5.74) is 1.30. The van der Waals surface area contributed by atoms with E-state index in [2.05, 4.69) is 24.0 Å². The lowest BCUT2D eigenvalue weighted by Crippen LogP contribution is -2.57. The SMILES string of the molecule is CCCC1(CCCCC(=O)OC(C)(C)C)c2ccc(Cl)cc2C[C@H]1N(C)C(O)C(C)(C)OC. The Hall–Kier alpha value is -1.14. The van der Waals surface area contributed by atoms with Crippen LogP contribution in [0.25, 0.3) is 0 Å². The molecule has 0 aromatic heterocycles. The van der Waals surface area contributed by atoms with E-state index in [-0.39, 0.29) is 17.4 Å². The van der Waals surface area contributed by atoms with Gasteiger partial charge in [0.2, 0.25) is 0 Å². The molecular weight excluding hydrogens is 438 g/mol. The van der Waals surface area contributed by atoms with Crippen molar-refractivity contribution < 1.29 is 19.4 Å². The van der Waals surface area contributed by atoms with Crippen LogP contribution in [-0.4, -0.2) is 53.6 Å². The number of unbranched alkanes of at least 4 members (excludes halogenated alkanes) is 1. The topological polar surface area (TPSA) is 59.0 Å². The Morgan fingerprint density at radius 3 is 2.48 bits per heavy atom. The largest absolute Gasteiger partial charge is 0.460 e. The lowest BCUT2D eigenvalue weighted by molar-refractivity contribution is -0.158. The highest BCUT2D eigenvalue weighted by atomic mass is 35.5. The third-order valence-corrected chi connectivity index (χ3v) is 7.29. The number of methoxy groups -OCH3 is 1. The quantitative estimate of drug-likeness (QED) is 0.243. The summed E-state index contributed by atoms with van der Waals surface area (Å²) in [4.78, 5) is 14.3. The summed E-state index contributed by atoms with van der Waals surface area (Å²) < 4.78 is 11.1. The summed E-state index contributed by atoms with van der Waals surface area (Å²) in [5, 5.41) is 11.9. The molecule has 0 aliphatic heterocycles. The van der Waals surface area contributed by atoms with Crippen molar-refractivity contribution in [1.29, 1.82) is 0 Å². The molecule has 1 aliphatic carbocycles. The average molecular weight is 482 g/mol. The van der Waals surface area contributed by atoms with Crippen LogP contribution < -0.4 is 0 Å². The van der Waals surface area contributed by atoms with E-state index in [1.807, 2.05) is 47.7 Å². The van der Waals surface area contributed by atoms with Crippen molar-refractivity contribution in [2.45, 2.75) is 115 Å². The van der Waals surface area contributed by atoms with Crippen LogP contribution >= 0.6 is 11.6 Å². The van der Waals surface area contributed by atoms with Crippen LogP contribution in [0.4, 0.5) is 0 Å². The van der Waals surface area contributed by atoms with Gasteiger partial charge in [-0.15, -0.1) is 0 Å². The highest BCUT2D eigenvalue weighted by molar-refractivity contribution is 6.30. The zero-order chi connectivity index (χ0) is 25.0. The number of hydrogen-bond acceptors (Lipinski definition) is 5. The number of nitrogens with zero attached hydrogens (tertiary/aromatic N) is 1. The van der Waals surface area contributed by atoms with Gasteiger partial charge in [-0.1, -0.05) is 37.4 Å². The monoisotopic (exact) mass is 481 g/mol. The predicted molar refractivity (Wildman–Crippen MR) is 135 cm³/mol. The highest BCUT2D eigenvalue weighted by Gasteiger charge is 2.50. The smallest absolute Gasteiger partial charge is 0.306 e. The zero-order valence-corrected chi connectivity index (χ0v) is 22.6. The molecule has 1 aromatic carbocycles. The van der Waals surface area contributed by atoms with E-state index in [4.69, 9.17) is 21.1 Å². The van der Waals surface area contributed by atoms with Gasteiger partial charge < -0.3 is 14.6 Å². The van der Waals surface area contributed by atoms with Gasteiger partial charge in [0.25, 0.3) is 0 Å². The van der Waals surface area contributed by atoms with Gasteiger partial charge >= 0.3 is 5.97 Å². The maximum Gasteiger partial charge on any atom is 0.306 e. The fourth-order valence-electron chi connectivity index (χ4n) is 5.38. The molecule has 6 heteroatoms. The molecule has 0 saturated carbocycles. The third-order valence-electron chi connectivity index (χ3n) is 7.05. The first kappa shape index (κ1) is 28.1. The summed E-state index contributed by atoms with van der Waals surface area (Å²) >= 11 is 6.36. The van der Waals surface area contributed by atoms with E-state index in [0.717, 1.165) is 43.5 Å². The summed E-state index contributed by atoms with van der Waals surface area (Å²) in [5.74, 6) is -0.142. The molecular formula is C27H44ClNO4. The second-order valence-corrected chi connectivity index (χ2v) is 11.5. The standard InChI is InChI=1S/C27H44ClNO4/c1-9-15-27(16-11-10-12-23(30)33-25(2,3)4)21-14-13-20(28)17-19(21)18-22(27)29(7)24(31)26(5,6)32-8/h13-14,17,22,24,31H,9-12,15-16,18H2,1-8H3/t22-,24?,27?/m1/s1. The Morgan fingerprint density at radius 2 is 1.91 bits per heavy atom. The molecule has 188 valence electrons. The van der Waals surface area contributed by atoms with Crippen LogP contribution in [0.2, 0.25) is 5.02 Å². The maximum atomic E-state index is 12.2. The van der Waals surface area contributed by atoms with Gasteiger partial charge in [0.05, 0.1) is 0 Å². The van der Waals surface area contributed by atoms with Crippen LogP contribution in [0, 0.1) is 0 Å². The molecule has 0 fully saturated rings. The van der Waals surface area contributed by atoms with Crippen molar-refractivity contribution in [2.75, 3.05) is 14.2 Å². The second-order valence-electron chi connectivity index (χ2n) is 11.1. The molecule has 3 atom stereocenters. The normalized spacial score (nSPS) is 21.8. The molecule has 1 aliphatic rings. The van der Waals surface area contributed by atoms with Gasteiger partial charge in [-0.2, -0.15) is 0 Å². The molecule has 0 saturated heterocycles. The van der Waals surface area contributed by atoms with Crippen molar-refractivity contribution in [2.24, 2.45) is 0 Å². The van der Waals surface area contributed by atoms with Crippen LogP contribution in [0.3, 0.4) is 0 Å². The van der Waals surface area contributed by atoms with Crippen molar-refractivity contribution in [3.8, 4) is 0 Å². The van der Waals surface area contributed by atoms with E-state index in [9.17, 15) is 9.90 Å². The molecule has 2 rings (SSSR count). The van der Waals surface area contributed by atoms with Gasteiger partial charge in [-0.25, -0.2) is 0 Å². The van der Waals surface area contributed by atoms with Crippen molar-refractivity contribution in [1.82, 2.24) is 4.90 Å². The molecule has 5 nitrogen and oxygen atoms in total. The van der Waals surface area contributed by atoms with E-state index in [1.54, 1.807) is 7.11 Å². The fourth-order valence-corrected chi connectivity index (χ4v) is 5.57. The summed E-state index contributed by atoms with van der Waals surface area (Å²) in [6.07, 6.45) is 5.16. The predicted octanol–water partition coefficient (Wildman–Crippen LogP) is 5.88. The van der Waals surface area contributed by atoms with E-state index < -0.39 is 17.4 Å². The second kappa shape index (κ2) is 11.1. The molecule has 1 aromatic rings. The summed E-state index contributed by atoms with van der Waals surface area (Å²) in [6, 6.07) is 6.33. The van der Waals surface area contributed by atoms with Crippen LogP contribution in [0.5, 0.6) is 0 Å². The summed E-state index contributed by atoms with van der Waals surface area (Å²) in [7, 11) is 3.63. The van der Waals surface area contributed by atoms with Gasteiger partial charge in [-0.3, -0.25) is 9.69 Å². The molecule has 0 radical (unpaired) electrons. The van der Waals surface area contributed by atoms with E-state index in [0.29, 0.717) is 6.42 Å². The maximum absolute atomic E-state index is 12.2. The summed E-state index contributed by atoms with van der Waals surface area (Å²) in [6.45, 7) is 11.7.